The number of hydrogen-bond acceptors (Lipinski definition) is 5. The van der Waals surface area contributed by atoms with Gasteiger partial charge >= 0.3 is 0 Å². The summed E-state index contributed by atoms with van der Waals surface area (Å²) in [6.45, 7) is 4.89. The number of fused-ring (bicyclic) bond motifs is 1. The van der Waals surface area contributed by atoms with E-state index in [0.717, 1.165) is 29.4 Å². The Bertz CT molecular complexity index is 981. The van der Waals surface area contributed by atoms with E-state index in [1.54, 1.807) is 22.7 Å². The lowest BCUT2D eigenvalue weighted by molar-refractivity contribution is 0.0461. The minimum atomic E-state index is -0.413. The van der Waals surface area contributed by atoms with E-state index in [-0.39, 0.29) is 11.8 Å². The van der Waals surface area contributed by atoms with Crippen molar-refractivity contribution < 1.29 is 9.90 Å². The van der Waals surface area contributed by atoms with Gasteiger partial charge in [0.25, 0.3) is 5.91 Å². The Morgan fingerprint density at radius 1 is 1.33 bits per heavy atom. The summed E-state index contributed by atoms with van der Waals surface area (Å²) in [6, 6.07) is 9.74. The van der Waals surface area contributed by atoms with Crippen molar-refractivity contribution in [1.82, 2.24) is 24.9 Å². The Morgan fingerprint density at radius 3 is 3.00 bits per heavy atom. The van der Waals surface area contributed by atoms with Crippen LogP contribution < -0.4 is 0 Å². The molecule has 3 aromatic rings. The zero-order chi connectivity index (χ0) is 19.0. The summed E-state index contributed by atoms with van der Waals surface area (Å²) in [6.07, 6.45) is 3.19. The number of likely N-dealkylation sites (tertiary alicyclic amines) is 1. The van der Waals surface area contributed by atoms with Crippen LogP contribution in [-0.4, -0.2) is 55.1 Å². The number of hydrogen-bond donors (Lipinski definition) is 1. The third-order valence-electron chi connectivity index (χ3n) is 5.36. The molecule has 7 heteroatoms. The van der Waals surface area contributed by atoms with Crippen LogP contribution in [0.2, 0.25) is 0 Å². The Balaban J connectivity index is 1.62. The molecule has 4 rings (SSSR count). The van der Waals surface area contributed by atoms with Crippen LogP contribution in [-0.2, 0) is 0 Å². The van der Waals surface area contributed by atoms with Crippen LogP contribution in [0.15, 0.2) is 36.5 Å². The van der Waals surface area contributed by atoms with Crippen molar-refractivity contribution in [2.45, 2.75) is 32.8 Å². The highest BCUT2D eigenvalue weighted by molar-refractivity contribution is 5.93. The van der Waals surface area contributed by atoms with Gasteiger partial charge in [0.15, 0.2) is 5.69 Å². The number of nitrogens with zero attached hydrogens (tertiary/aromatic N) is 5. The molecule has 1 N–H and O–H groups in total. The van der Waals surface area contributed by atoms with E-state index in [2.05, 4.69) is 15.3 Å². The molecule has 2 atom stereocenters. The molecule has 0 radical (unpaired) electrons. The predicted octanol–water partition coefficient (Wildman–Crippen LogP) is 2.36. The summed E-state index contributed by atoms with van der Waals surface area (Å²) in [7, 11) is 0. The summed E-state index contributed by atoms with van der Waals surface area (Å²) in [5.74, 6) is -0.00223. The van der Waals surface area contributed by atoms with Crippen LogP contribution in [0.1, 0.15) is 35.9 Å². The fourth-order valence-electron chi connectivity index (χ4n) is 3.70. The fourth-order valence-corrected chi connectivity index (χ4v) is 3.70. The van der Waals surface area contributed by atoms with Gasteiger partial charge in [-0.3, -0.25) is 9.78 Å². The van der Waals surface area contributed by atoms with E-state index in [4.69, 9.17) is 0 Å². The van der Waals surface area contributed by atoms with Crippen LogP contribution in [0.3, 0.4) is 0 Å². The van der Waals surface area contributed by atoms with Gasteiger partial charge in [-0.1, -0.05) is 11.3 Å². The van der Waals surface area contributed by atoms with E-state index in [1.165, 1.54) is 0 Å². The number of aromatic nitrogens is 4. The molecule has 3 heterocycles. The SMILES string of the molecule is Cc1c(C(=O)N2CCC[C@@H]([C@@H](C)O)C2)nnn1-c1ccc2ncccc2c1. The van der Waals surface area contributed by atoms with E-state index in [9.17, 15) is 9.90 Å². The molecule has 0 unspecified atom stereocenters. The summed E-state index contributed by atoms with van der Waals surface area (Å²) in [4.78, 5) is 19.1. The zero-order valence-electron chi connectivity index (χ0n) is 15.5. The van der Waals surface area contributed by atoms with Gasteiger partial charge in [-0.15, -0.1) is 5.10 Å². The highest BCUT2D eigenvalue weighted by Gasteiger charge is 2.29. The minimum Gasteiger partial charge on any atom is -0.393 e. The number of pyridine rings is 1. The van der Waals surface area contributed by atoms with Crippen LogP contribution in [0.4, 0.5) is 0 Å². The lowest BCUT2D eigenvalue weighted by Gasteiger charge is -2.33. The lowest BCUT2D eigenvalue weighted by Crippen LogP contribution is -2.43. The fraction of sp³-hybridized carbons (Fsp3) is 0.400. The second-order valence-electron chi connectivity index (χ2n) is 7.21. The quantitative estimate of drug-likeness (QED) is 0.770. The van der Waals surface area contributed by atoms with Crippen molar-refractivity contribution in [3.8, 4) is 5.69 Å². The summed E-state index contributed by atoms with van der Waals surface area (Å²) < 4.78 is 1.69. The molecule has 140 valence electrons. The normalized spacial score (nSPS) is 18.6. The van der Waals surface area contributed by atoms with Gasteiger partial charge in [-0.2, -0.15) is 0 Å². The van der Waals surface area contributed by atoms with Crippen molar-refractivity contribution in [2.75, 3.05) is 13.1 Å². The number of aliphatic hydroxyl groups is 1. The number of amides is 1. The Labute approximate surface area is 157 Å². The van der Waals surface area contributed by atoms with Crippen molar-refractivity contribution in [1.29, 1.82) is 0 Å². The molecule has 7 nitrogen and oxygen atoms in total. The van der Waals surface area contributed by atoms with Crippen LogP contribution >= 0.6 is 0 Å². The van der Waals surface area contributed by atoms with Gasteiger partial charge in [0, 0.05) is 30.6 Å². The van der Waals surface area contributed by atoms with Gasteiger partial charge in [-0.05, 0) is 51.0 Å². The number of carbonyl (C=O) groups is 1. The van der Waals surface area contributed by atoms with Gasteiger partial charge in [0.05, 0.1) is 23.0 Å². The molecule has 0 saturated carbocycles. The second kappa shape index (κ2) is 7.08. The van der Waals surface area contributed by atoms with E-state index < -0.39 is 6.10 Å². The smallest absolute Gasteiger partial charge is 0.276 e. The molecule has 2 aromatic heterocycles. The summed E-state index contributed by atoms with van der Waals surface area (Å²) in [5, 5.41) is 19.2. The van der Waals surface area contributed by atoms with Crippen molar-refractivity contribution in [3.05, 3.63) is 47.9 Å². The van der Waals surface area contributed by atoms with E-state index in [0.29, 0.717) is 24.5 Å². The summed E-state index contributed by atoms with van der Waals surface area (Å²) in [5.41, 5.74) is 2.84. The predicted molar refractivity (Wildman–Crippen MR) is 102 cm³/mol. The van der Waals surface area contributed by atoms with E-state index >= 15 is 0 Å². The summed E-state index contributed by atoms with van der Waals surface area (Å²) >= 11 is 0. The van der Waals surface area contributed by atoms with Crippen molar-refractivity contribution in [3.63, 3.8) is 0 Å². The van der Waals surface area contributed by atoms with Crippen LogP contribution in [0.25, 0.3) is 16.6 Å². The molecule has 1 aliphatic heterocycles. The highest BCUT2D eigenvalue weighted by Crippen LogP contribution is 2.23. The topological polar surface area (TPSA) is 84.1 Å². The molecule has 1 fully saturated rings. The average Bonchev–Trinajstić information content (AvgIpc) is 3.08. The van der Waals surface area contributed by atoms with Crippen molar-refractivity contribution in [2.24, 2.45) is 5.92 Å². The van der Waals surface area contributed by atoms with Crippen LogP contribution in [0, 0.1) is 12.8 Å². The first-order valence-electron chi connectivity index (χ1n) is 9.29. The molecular formula is C20H23N5O2. The molecule has 1 amide bonds. The lowest BCUT2D eigenvalue weighted by atomic mass is 9.93. The first kappa shape index (κ1) is 17.6. The highest BCUT2D eigenvalue weighted by atomic mass is 16.3. The number of benzene rings is 1. The van der Waals surface area contributed by atoms with E-state index in [1.807, 2.05) is 37.3 Å². The number of aliphatic hydroxyl groups excluding tert-OH is 1. The van der Waals surface area contributed by atoms with Gasteiger partial charge in [0.1, 0.15) is 0 Å². The van der Waals surface area contributed by atoms with Gasteiger partial charge in [0.2, 0.25) is 0 Å². The van der Waals surface area contributed by atoms with Crippen molar-refractivity contribution >= 4 is 16.8 Å². The molecule has 1 saturated heterocycles. The minimum absolute atomic E-state index is 0.117. The Hall–Kier alpha value is -2.80. The Kier molecular flexibility index (Phi) is 4.61. The Morgan fingerprint density at radius 2 is 2.19 bits per heavy atom. The third kappa shape index (κ3) is 3.30. The molecule has 0 aliphatic carbocycles. The molecule has 0 spiro atoms. The molecule has 27 heavy (non-hydrogen) atoms. The second-order valence-corrected chi connectivity index (χ2v) is 7.21. The molecular weight excluding hydrogens is 342 g/mol. The maximum atomic E-state index is 13.0. The molecule has 1 aliphatic rings. The monoisotopic (exact) mass is 365 g/mol. The number of rotatable bonds is 3. The first-order valence-corrected chi connectivity index (χ1v) is 9.29. The van der Waals surface area contributed by atoms with Gasteiger partial charge < -0.3 is 10.0 Å². The standard InChI is InChI=1S/C20H23N5O2/c1-13-19(20(27)24-10-4-6-16(12-24)14(2)26)22-23-25(13)17-7-8-18-15(11-17)5-3-9-21-18/h3,5,7-9,11,14,16,26H,4,6,10,12H2,1-2H3/t14-,16-/m1/s1. The zero-order valence-corrected chi connectivity index (χ0v) is 15.5. The molecule has 1 aromatic carbocycles. The molecule has 0 bridgehead atoms. The maximum absolute atomic E-state index is 13.0. The largest absolute Gasteiger partial charge is 0.393 e. The number of piperidine rings is 1. The van der Waals surface area contributed by atoms with Gasteiger partial charge in [-0.25, -0.2) is 4.68 Å². The maximum Gasteiger partial charge on any atom is 0.276 e. The third-order valence-corrected chi connectivity index (χ3v) is 5.36. The van der Waals surface area contributed by atoms with Crippen LogP contribution in [0.5, 0.6) is 0 Å². The number of carbonyl (C=O) groups excluding carboxylic acids is 1. The average molecular weight is 365 g/mol. The first-order chi connectivity index (χ1) is 13.0.